The smallest absolute Gasteiger partial charge is 0.405 e. The topological polar surface area (TPSA) is 98.9 Å². The SMILES string of the molecule is NC(=O)OC(CCCCN1C(=O)c2ccccc2C1=O)c1ccc(Oc2ccccc2)cc1. The van der Waals surface area contributed by atoms with Gasteiger partial charge in [0.15, 0.2) is 0 Å². The molecule has 0 radical (unpaired) electrons. The third-order valence-corrected chi connectivity index (χ3v) is 5.47. The molecule has 3 aromatic rings. The quantitative estimate of drug-likeness (QED) is 0.366. The second kappa shape index (κ2) is 9.99. The molecule has 0 aromatic heterocycles. The maximum Gasteiger partial charge on any atom is 0.405 e. The van der Waals surface area contributed by atoms with Crippen LogP contribution >= 0.6 is 0 Å². The first-order chi connectivity index (χ1) is 16.0. The maximum absolute atomic E-state index is 12.5. The number of rotatable bonds is 9. The fourth-order valence-electron chi connectivity index (χ4n) is 3.85. The van der Waals surface area contributed by atoms with E-state index >= 15 is 0 Å². The molecule has 7 heteroatoms. The van der Waals surface area contributed by atoms with Gasteiger partial charge in [-0.2, -0.15) is 0 Å². The van der Waals surface area contributed by atoms with Crippen molar-refractivity contribution in [2.75, 3.05) is 6.54 Å². The second-order valence-corrected chi connectivity index (χ2v) is 7.71. The van der Waals surface area contributed by atoms with Gasteiger partial charge in [0.2, 0.25) is 0 Å². The number of carbonyl (C=O) groups excluding carboxylic acids is 3. The van der Waals surface area contributed by atoms with Gasteiger partial charge in [0.05, 0.1) is 11.1 Å². The van der Waals surface area contributed by atoms with Crippen LogP contribution in [-0.2, 0) is 4.74 Å². The van der Waals surface area contributed by atoms with Crippen molar-refractivity contribution in [3.63, 3.8) is 0 Å². The molecule has 1 heterocycles. The van der Waals surface area contributed by atoms with Crippen molar-refractivity contribution >= 4 is 17.9 Å². The number of imide groups is 1. The number of unbranched alkanes of at least 4 members (excludes halogenated alkanes) is 1. The number of fused-ring (bicyclic) bond motifs is 1. The van der Waals surface area contributed by atoms with Crippen LogP contribution in [0.15, 0.2) is 78.9 Å². The zero-order valence-corrected chi connectivity index (χ0v) is 18.0. The lowest BCUT2D eigenvalue weighted by atomic mass is 10.0. The van der Waals surface area contributed by atoms with Crippen LogP contribution in [0.4, 0.5) is 4.79 Å². The van der Waals surface area contributed by atoms with Gasteiger partial charge in [-0.05, 0) is 61.2 Å². The Bertz CT molecular complexity index is 1110. The van der Waals surface area contributed by atoms with Crippen molar-refractivity contribution < 1.29 is 23.9 Å². The number of hydrogen-bond donors (Lipinski definition) is 1. The van der Waals surface area contributed by atoms with Crippen molar-refractivity contribution in [2.24, 2.45) is 5.73 Å². The highest BCUT2D eigenvalue weighted by Gasteiger charge is 2.34. The van der Waals surface area contributed by atoms with Crippen LogP contribution < -0.4 is 10.5 Å². The molecule has 0 saturated carbocycles. The first kappa shape index (κ1) is 22.1. The van der Waals surface area contributed by atoms with E-state index in [2.05, 4.69) is 0 Å². The summed E-state index contributed by atoms with van der Waals surface area (Å²) in [7, 11) is 0. The van der Waals surface area contributed by atoms with Gasteiger partial charge >= 0.3 is 6.09 Å². The number of carbonyl (C=O) groups is 3. The van der Waals surface area contributed by atoms with Gasteiger partial charge in [0.1, 0.15) is 17.6 Å². The molecule has 2 N–H and O–H groups in total. The lowest BCUT2D eigenvalue weighted by molar-refractivity contribution is 0.0648. The van der Waals surface area contributed by atoms with Crippen molar-refractivity contribution in [2.45, 2.75) is 25.4 Å². The fraction of sp³-hybridized carbons (Fsp3) is 0.192. The molecule has 1 unspecified atom stereocenters. The van der Waals surface area contributed by atoms with Crippen LogP contribution in [0.25, 0.3) is 0 Å². The van der Waals surface area contributed by atoms with Crippen LogP contribution in [0, 0.1) is 0 Å². The number of primary amides is 1. The van der Waals surface area contributed by atoms with Gasteiger partial charge in [-0.3, -0.25) is 14.5 Å². The second-order valence-electron chi connectivity index (χ2n) is 7.71. The van der Waals surface area contributed by atoms with Crippen LogP contribution in [-0.4, -0.2) is 29.4 Å². The van der Waals surface area contributed by atoms with E-state index in [1.54, 1.807) is 36.4 Å². The molecule has 0 fully saturated rings. The predicted molar refractivity (Wildman–Crippen MR) is 122 cm³/mol. The maximum atomic E-state index is 12.5. The Kier molecular flexibility index (Phi) is 6.69. The number of nitrogens with zero attached hydrogens (tertiary/aromatic N) is 1. The van der Waals surface area contributed by atoms with Gasteiger partial charge < -0.3 is 15.2 Å². The number of ether oxygens (including phenoxy) is 2. The Hall–Kier alpha value is -4.13. The predicted octanol–water partition coefficient (Wildman–Crippen LogP) is 5.08. The lowest BCUT2D eigenvalue weighted by Gasteiger charge is -2.19. The standard InChI is InChI=1S/C26H24N2O5/c27-26(31)33-23(18-13-15-20(16-14-18)32-19-8-2-1-3-9-19)12-6-7-17-28-24(29)21-10-4-5-11-22(21)25(28)30/h1-5,8-11,13-16,23H,6-7,12,17H2,(H2,27,31). The highest BCUT2D eigenvalue weighted by molar-refractivity contribution is 6.21. The zero-order chi connectivity index (χ0) is 23.2. The highest BCUT2D eigenvalue weighted by atomic mass is 16.6. The third-order valence-electron chi connectivity index (χ3n) is 5.47. The molecule has 1 atom stereocenters. The normalized spacial score (nSPS) is 13.5. The molecule has 4 rings (SSSR count). The van der Waals surface area contributed by atoms with E-state index in [4.69, 9.17) is 15.2 Å². The lowest BCUT2D eigenvalue weighted by Crippen LogP contribution is -2.30. The summed E-state index contributed by atoms with van der Waals surface area (Å²) in [4.78, 5) is 37.6. The van der Waals surface area contributed by atoms with Crippen molar-refractivity contribution in [3.8, 4) is 11.5 Å². The number of benzene rings is 3. The van der Waals surface area contributed by atoms with Gasteiger partial charge in [0, 0.05) is 6.54 Å². The first-order valence-electron chi connectivity index (χ1n) is 10.8. The van der Waals surface area contributed by atoms with E-state index in [9.17, 15) is 14.4 Å². The van der Waals surface area contributed by atoms with Gasteiger partial charge in [-0.15, -0.1) is 0 Å². The van der Waals surface area contributed by atoms with E-state index in [0.717, 1.165) is 11.3 Å². The third kappa shape index (κ3) is 5.20. The molecule has 1 aliphatic heterocycles. The summed E-state index contributed by atoms with van der Waals surface area (Å²) < 4.78 is 11.1. The van der Waals surface area contributed by atoms with E-state index in [-0.39, 0.29) is 11.8 Å². The van der Waals surface area contributed by atoms with Crippen molar-refractivity contribution in [1.29, 1.82) is 0 Å². The number of amides is 3. The monoisotopic (exact) mass is 444 g/mol. The molecular weight excluding hydrogens is 420 g/mol. The zero-order valence-electron chi connectivity index (χ0n) is 18.0. The average Bonchev–Trinajstić information content (AvgIpc) is 3.07. The molecule has 3 amide bonds. The molecular formula is C26H24N2O5. The van der Waals surface area contributed by atoms with E-state index in [1.807, 2.05) is 42.5 Å². The molecule has 0 saturated heterocycles. The Labute approximate surface area is 191 Å². The molecule has 7 nitrogen and oxygen atoms in total. The van der Waals surface area contributed by atoms with Gasteiger partial charge in [-0.1, -0.05) is 42.5 Å². The summed E-state index contributed by atoms with van der Waals surface area (Å²) in [5.41, 5.74) is 6.94. The first-order valence-corrected chi connectivity index (χ1v) is 10.8. The number of para-hydroxylation sites is 1. The van der Waals surface area contributed by atoms with E-state index < -0.39 is 12.2 Å². The summed E-state index contributed by atoms with van der Waals surface area (Å²) in [6.45, 7) is 0.305. The highest BCUT2D eigenvalue weighted by Crippen LogP contribution is 2.28. The minimum absolute atomic E-state index is 0.269. The molecule has 0 bridgehead atoms. The Morgan fingerprint density at radius 2 is 1.36 bits per heavy atom. The summed E-state index contributed by atoms with van der Waals surface area (Å²) in [6, 6.07) is 23.5. The van der Waals surface area contributed by atoms with Gasteiger partial charge in [0.25, 0.3) is 11.8 Å². The van der Waals surface area contributed by atoms with Gasteiger partial charge in [-0.25, -0.2) is 4.79 Å². The van der Waals surface area contributed by atoms with Crippen LogP contribution in [0.1, 0.15) is 51.6 Å². The van der Waals surface area contributed by atoms with Crippen LogP contribution in [0.5, 0.6) is 11.5 Å². The Morgan fingerprint density at radius 3 is 1.97 bits per heavy atom. The van der Waals surface area contributed by atoms with Crippen LogP contribution in [0.2, 0.25) is 0 Å². The van der Waals surface area contributed by atoms with E-state index in [0.29, 0.717) is 42.7 Å². The average molecular weight is 444 g/mol. The molecule has 168 valence electrons. The largest absolute Gasteiger partial charge is 0.457 e. The Balaban J connectivity index is 1.33. The van der Waals surface area contributed by atoms with E-state index in [1.165, 1.54) is 4.90 Å². The molecule has 33 heavy (non-hydrogen) atoms. The Morgan fingerprint density at radius 1 is 0.788 bits per heavy atom. The summed E-state index contributed by atoms with van der Waals surface area (Å²) in [5, 5.41) is 0. The van der Waals surface area contributed by atoms with Crippen molar-refractivity contribution in [3.05, 3.63) is 95.6 Å². The fourth-order valence-corrected chi connectivity index (χ4v) is 3.85. The summed E-state index contributed by atoms with van der Waals surface area (Å²) in [5.74, 6) is 0.848. The van der Waals surface area contributed by atoms with Crippen molar-refractivity contribution in [1.82, 2.24) is 4.90 Å². The van der Waals surface area contributed by atoms with Crippen LogP contribution in [0.3, 0.4) is 0 Å². The summed E-state index contributed by atoms with van der Waals surface area (Å²) in [6.07, 6.45) is 0.332. The number of nitrogens with two attached hydrogens (primary N) is 1. The minimum Gasteiger partial charge on any atom is -0.457 e. The molecule has 0 aliphatic carbocycles. The molecule has 1 aliphatic rings. The molecule has 3 aromatic carbocycles. The summed E-state index contributed by atoms with van der Waals surface area (Å²) >= 11 is 0. The number of hydrogen-bond acceptors (Lipinski definition) is 5. The molecule has 0 spiro atoms. The minimum atomic E-state index is -0.857.